The van der Waals surface area contributed by atoms with Crippen molar-refractivity contribution in [1.29, 1.82) is 0 Å². The van der Waals surface area contributed by atoms with Crippen molar-refractivity contribution in [2.75, 3.05) is 27.9 Å². The van der Waals surface area contributed by atoms with E-state index in [-0.39, 0.29) is 24.6 Å². The number of ether oxygens (including phenoxy) is 3. The number of carbonyl (C=O) groups is 2. The van der Waals surface area contributed by atoms with Gasteiger partial charge in [-0.3, -0.25) is 4.79 Å². The summed E-state index contributed by atoms with van der Waals surface area (Å²) in [6.45, 7) is -0.296. The van der Waals surface area contributed by atoms with Gasteiger partial charge in [0.05, 0.1) is 39.5 Å². The third kappa shape index (κ3) is 5.69. The number of halogens is 1. The lowest BCUT2D eigenvalue weighted by atomic mass is 10.0. The Labute approximate surface area is 213 Å². The highest BCUT2D eigenvalue weighted by atomic mass is 19.1. The van der Waals surface area contributed by atoms with E-state index in [4.69, 9.17) is 23.7 Å². The van der Waals surface area contributed by atoms with E-state index in [9.17, 15) is 14.0 Å². The molecule has 1 aliphatic heterocycles. The van der Waals surface area contributed by atoms with Gasteiger partial charge in [-0.2, -0.15) is 0 Å². The van der Waals surface area contributed by atoms with E-state index in [1.54, 1.807) is 30.3 Å². The smallest absolute Gasteiger partial charge is 0.341 e. The number of nitrogens with one attached hydrogen (secondary N) is 1. The highest BCUT2D eigenvalue weighted by molar-refractivity contribution is 5.87. The molecule has 0 bridgehead atoms. The number of hydrogen-bond acceptors (Lipinski definition) is 7. The summed E-state index contributed by atoms with van der Waals surface area (Å²) in [7, 11) is 4.72. The zero-order valence-corrected chi connectivity index (χ0v) is 20.6. The molecular weight excluding hydrogens is 483 g/mol. The topological polar surface area (TPSA) is 110 Å². The van der Waals surface area contributed by atoms with Crippen molar-refractivity contribution in [3.63, 3.8) is 0 Å². The molecule has 194 valence electrons. The standard InChI is InChI=1S/C27H27FN2O7/c1-30-21(9-16-10-23(34-2)27(24(11-16)35-3)37-15-26(32)33)19-7-6-17(28)12-20(19)22(30)13-25(31)29-14-18-5-4-8-36-18/h4-12,22H,13-15H2,1-3H3,(H,29,31)(H,32,33). The fraction of sp³-hybridized carbons (Fsp3) is 0.259. The van der Waals surface area contributed by atoms with Crippen LogP contribution in [-0.2, 0) is 16.1 Å². The van der Waals surface area contributed by atoms with Crippen molar-refractivity contribution in [2.45, 2.75) is 19.0 Å². The predicted molar refractivity (Wildman–Crippen MR) is 133 cm³/mol. The monoisotopic (exact) mass is 510 g/mol. The van der Waals surface area contributed by atoms with E-state index in [1.165, 1.54) is 32.6 Å². The molecule has 10 heteroatoms. The van der Waals surface area contributed by atoms with Crippen molar-refractivity contribution < 1.29 is 37.7 Å². The van der Waals surface area contributed by atoms with Gasteiger partial charge in [0.15, 0.2) is 18.1 Å². The van der Waals surface area contributed by atoms with Crippen molar-refractivity contribution in [1.82, 2.24) is 10.2 Å². The number of methoxy groups -OCH3 is 2. The maximum Gasteiger partial charge on any atom is 0.341 e. The maximum absolute atomic E-state index is 14.2. The van der Waals surface area contributed by atoms with Crippen molar-refractivity contribution in [3.05, 3.63) is 77.0 Å². The van der Waals surface area contributed by atoms with Crippen LogP contribution in [0.3, 0.4) is 0 Å². The summed E-state index contributed by atoms with van der Waals surface area (Å²) < 4.78 is 35.7. The molecule has 1 unspecified atom stereocenters. The highest BCUT2D eigenvalue weighted by Gasteiger charge is 2.33. The Morgan fingerprint density at radius 1 is 1.16 bits per heavy atom. The zero-order chi connectivity index (χ0) is 26.5. The molecule has 4 rings (SSSR count). The number of hydrogen-bond donors (Lipinski definition) is 2. The number of aliphatic carboxylic acids is 1. The lowest BCUT2D eigenvalue weighted by Gasteiger charge is -2.23. The van der Waals surface area contributed by atoms with Gasteiger partial charge in [0.2, 0.25) is 11.7 Å². The first-order valence-corrected chi connectivity index (χ1v) is 11.4. The molecule has 1 amide bonds. The molecule has 0 saturated heterocycles. The normalized spacial score (nSPS) is 15.4. The van der Waals surface area contributed by atoms with Crippen molar-refractivity contribution >= 4 is 23.6 Å². The molecule has 1 aliphatic rings. The van der Waals surface area contributed by atoms with Gasteiger partial charge in [0.25, 0.3) is 0 Å². The summed E-state index contributed by atoms with van der Waals surface area (Å²) >= 11 is 0. The Bertz CT molecular complexity index is 1300. The Morgan fingerprint density at radius 3 is 2.51 bits per heavy atom. The average molecular weight is 511 g/mol. The molecule has 1 atom stereocenters. The number of fused-ring (bicyclic) bond motifs is 1. The second-order valence-electron chi connectivity index (χ2n) is 8.39. The lowest BCUT2D eigenvalue weighted by Crippen LogP contribution is -2.28. The number of nitrogens with zero attached hydrogens (tertiary/aromatic N) is 1. The van der Waals surface area contributed by atoms with Gasteiger partial charge in [0, 0.05) is 18.3 Å². The molecule has 0 saturated carbocycles. The summed E-state index contributed by atoms with van der Waals surface area (Å²) in [6.07, 6.45) is 3.51. The summed E-state index contributed by atoms with van der Waals surface area (Å²) in [4.78, 5) is 25.6. The first-order valence-electron chi connectivity index (χ1n) is 11.4. The van der Waals surface area contributed by atoms with E-state index in [2.05, 4.69) is 5.32 Å². The fourth-order valence-corrected chi connectivity index (χ4v) is 4.30. The number of carboxylic acids is 1. The third-order valence-corrected chi connectivity index (χ3v) is 6.04. The number of furan rings is 1. The molecule has 2 aromatic carbocycles. The second kappa shape index (κ2) is 11.1. The van der Waals surface area contributed by atoms with Crippen LogP contribution < -0.4 is 19.5 Å². The average Bonchev–Trinajstić information content (AvgIpc) is 3.48. The van der Waals surface area contributed by atoms with Crippen LogP contribution in [0, 0.1) is 5.82 Å². The Balaban J connectivity index is 1.64. The molecule has 0 aliphatic carbocycles. The molecule has 0 radical (unpaired) electrons. The van der Waals surface area contributed by atoms with Crippen LogP contribution in [0.2, 0.25) is 0 Å². The van der Waals surface area contributed by atoms with E-state index in [0.717, 1.165) is 11.3 Å². The first kappa shape index (κ1) is 25.6. The largest absolute Gasteiger partial charge is 0.493 e. The van der Waals surface area contributed by atoms with Crippen LogP contribution in [0.4, 0.5) is 4.39 Å². The van der Waals surface area contributed by atoms with E-state index in [1.807, 2.05) is 18.0 Å². The maximum atomic E-state index is 14.2. The molecule has 3 aromatic rings. The summed E-state index contributed by atoms with van der Waals surface area (Å²) in [5.74, 6) is -0.332. The number of carbonyl (C=O) groups excluding carboxylic acids is 1. The molecular formula is C27H27FN2O7. The van der Waals surface area contributed by atoms with Crippen LogP contribution in [0.15, 0.2) is 53.1 Å². The number of amides is 1. The Hall–Kier alpha value is -4.47. The van der Waals surface area contributed by atoms with Gasteiger partial charge in [-0.15, -0.1) is 0 Å². The molecule has 2 N–H and O–H groups in total. The first-order chi connectivity index (χ1) is 17.8. The van der Waals surface area contributed by atoms with Gasteiger partial charge in [-0.05, 0) is 59.7 Å². The summed E-state index contributed by atoms with van der Waals surface area (Å²) in [5.41, 5.74) is 2.93. The third-order valence-electron chi connectivity index (χ3n) is 6.04. The predicted octanol–water partition coefficient (Wildman–Crippen LogP) is 4.09. The van der Waals surface area contributed by atoms with E-state index < -0.39 is 24.4 Å². The Morgan fingerprint density at radius 2 is 1.89 bits per heavy atom. The number of rotatable bonds is 10. The SMILES string of the molecule is COc1cc(C=C2c3ccc(F)cc3C(CC(=O)NCc3ccco3)N2C)cc(OC)c1OCC(=O)O. The van der Waals surface area contributed by atoms with Crippen LogP contribution in [0.5, 0.6) is 17.2 Å². The molecule has 37 heavy (non-hydrogen) atoms. The minimum Gasteiger partial charge on any atom is -0.493 e. The summed E-state index contributed by atoms with van der Waals surface area (Å²) in [5, 5.41) is 11.8. The van der Waals surface area contributed by atoms with Crippen LogP contribution >= 0.6 is 0 Å². The molecule has 0 spiro atoms. The molecule has 1 aromatic heterocycles. The van der Waals surface area contributed by atoms with Gasteiger partial charge >= 0.3 is 5.97 Å². The van der Waals surface area contributed by atoms with Crippen molar-refractivity contribution in [3.8, 4) is 17.2 Å². The van der Waals surface area contributed by atoms with Crippen molar-refractivity contribution in [2.24, 2.45) is 0 Å². The van der Waals surface area contributed by atoms with Gasteiger partial charge in [-0.1, -0.05) is 0 Å². The minimum atomic E-state index is -1.13. The van der Waals surface area contributed by atoms with Crippen LogP contribution in [0.25, 0.3) is 11.8 Å². The highest BCUT2D eigenvalue weighted by Crippen LogP contribution is 2.45. The van der Waals surface area contributed by atoms with Gasteiger partial charge in [-0.25, -0.2) is 9.18 Å². The van der Waals surface area contributed by atoms with E-state index in [0.29, 0.717) is 28.4 Å². The van der Waals surface area contributed by atoms with E-state index >= 15 is 0 Å². The fourth-order valence-electron chi connectivity index (χ4n) is 4.30. The lowest BCUT2D eigenvalue weighted by molar-refractivity contribution is -0.139. The molecule has 9 nitrogen and oxygen atoms in total. The summed E-state index contributed by atoms with van der Waals surface area (Å²) in [6, 6.07) is 11.0. The van der Waals surface area contributed by atoms with Crippen LogP contribution in [0.1, 0.15) is 34.9 Å². The molecule has 2 heterocycles. The number of carboxylic acid groups (broad SMARTS) is 1. The number of benzene rings is 2. The minimum absolute atomic E-state index is 0.111. The van der Waals surface area contributed by atoms with Gasteiger partial charge < -0.3 is 34.0 Å². The van der Waals surface area contributed by atoms with Gasteiger partial charge in [0.1, 0.15) is 11.6 Å². The molecule has 0 fully saturated rings. The van der Waals surface area contributed by atoms with Crippen LogP contribution in [-0.4, -0.2) is 49.8 Å². The zero-order valence-electron chi connectivity index (χ0n) is 20.6. The Kier molecular flexibility index (Phi) is 7.66. The second-order valence-corrected chi connectivity index (χ2v) is 8.39. The quantitative estimate of drug-likeness (QED) is 0.420.